The molecule has 1 unspecified atom stereocenters. The molecule has 3 N–H and O–H groups in total. The Bertz CT molecular complexity index is 624. The maximum Gasteiger partial charge on any atom is 0.251 e. The Morgan fingerprint density at radius 1 is 1.35 bits per heavy atom. The quantitative estimate of drug-likeness (QED) is 0.743. The summed E-state index contributed by atoms with van der Waals surface area (Å²) in [7, 11) is 0. The molecule has 0 radical (unpaired) electrons. The number of aliphatic hydroxyl groups is 1. The summed E-state index contributed by atoms with van der Waals surface area (Å²) in [5, 5.41) is 16.0. The predicted octanol–water partition coefficient (Wildman–Crippen LogP) is 0.565. The smallest absolute Gasteiger partial charge is 0.251 e. The molecule has 0 aliphatic carbocycles. The largest absolute Gasteiger partial charge is 0.390 e. The van der Waals surface area contributed by atoms with Crippen LogP contribution in [0.25, 0.3) is 0 Å². The van der Waals surface area contributed by atoms with Gasteiger partial charge in [-0.15, -0.1) is 0 Å². The fourth-order valence-corrected chi connectivity index (χ4v) is 3.01. The third-order valence-electron chi connectivity index (χ3n) is 4.26. The van der Waals surface area contributed by atoms with Gasteiger partial charge < -0.3 is 15.7 Å². The fourth-order valence-electron chi connectivity index (χ4n) is 3.01. The molecule has 1 aromatic carbocycles. The molecular weight excluding hydrogens is 290 g/mol. The second-order valence-electron chi connectivity index (χ2n) is 6.02. The maximum absolute atomic E-state index is 12.0. The fraction of sp³-hybridized carbons (Fsp3) is 0.389. The number of β-amino-alcohol motifs (C(OH)–C–C–N with tert-alkyl or cyclic N) is 1. The number of dihydropyridines is 1. The van der Waals surface area contributed by atoms with Crippen molar-refractivity contribution >= 4 is 5.91 Å². The van der Waals surface area contributed by atoms with Gasteiger partial charge >= 0.3 is 0 Å². The van der Waals surface area contributed by atoms with Crippen molar-refractivity contribution in [2.75, 3.05) is 26.2 Å². The van der Waals surface area contributed by atoms with Crippen LogP contribution in [0.3, 0.4) is 0 Å². The van der Waals surface area contributed by atoms with Crippen LogP contribution in [0.15, 0.2) is 48.2 Å². The topological polar surface area (TPSA) is 64.6 Å². The van der Waals surface area contributed by atoms with Crippen LogP contribution in [0.2, 0.25) is 0 Å². The van der Waals surface area contributed by atoms with E-state index in [1.54, 1.807) is 12.3 Å². The molecule has 1 aromatic rings. The highest BCUT2D eigenvalue weighted by Gasteiger charge is 2.19. The van der Waals surface area contributed by atoms with Crippen LogP contribution in [-0.2, 0) is 17.8 Å². The summed E-state index contributed by atoms with van der Waals surface area (Å²) in [6, 6.07) is 8.44. The van der Waals surface area contributed by atoms with E-state index < -0.39 is 6.10 Å². The Morgan fingerprint density at radius 2 is 2.17 bits per heavy atom. The molecule has 0 bridgehead atoms. The third-order valence-corrected chi connectivity index (χ3v) is 4.26. The first-order chi connectivity index (χ1) is 11.2. The van der Waals surface area contributed by atoms with Crippen LogP contribution in [0.1, 0.15) is 11.1 Å². The zero-order valence-corrected chi connectivity index (χ0v) is 13.2. The molecule has 23 heavy (non-hydrogen) atoms. The molecule has 2 heterocycles. The molecule has 0 saturated carbocycles. The van der Waals surface area contributed by atoms with Gasteiger partial charge in [0.25, 0.3) is 5.91 Å². The highest BCUT2D eigenvalue weighted by atomic mass is 16.3. The predicted molar refractivity (Wildman–Crippen MR) is 89.7 cm³/mol. The highest BCUT2D eigenvalue weighted by molar-refractivity contribution is 5.96. The summed E-state index contributed by atoms with van der Waals surface area (Å²) < 4.78 is 0. The molecule has 0 fully saturated rings. The average Bonchev–Trinajstić information content (AvgIpc) is 2.60. The zero-order chi connectivity index (χ0) is 16.1. The van der Waals surface area contributed by atoms with Crippen molar-refractivity contribution in [3.63, 3.8) is 0 Å². The third kappa shape index (κ3) is 4.21. The Hall–Kier alpha value is -2.11. The van der Waals surface area contributed by atoms with Gasteiger partial charge in [-0.3, -0.25) is 9.69 Å². The van der Waals surface area contributed by atoms with E-state index in [1.165, 1.54) is 11.1 Å². The Kier molecular flexibility index (Phi) is 5.10. The lowest BCUT2D eigenvalue weighted by Crippen LogP contribution is -2.42. The normalized spacial score (nSPS) is 18.6. The average molecular weight is 313 g/mol. The van der Waals surface area contributed by atoms with Crippen LogP contribution >= 0.6 is 0 Å². The zero-order valence-electron chi connectivity index (χ0n) is 13.2. The van der Waals surface area contributed by atoms with Crippen molar-refractivity contribution in [1.82, 2.24) is 15.5 Å². The molecule has 5 heteroatoms. The summed E-state index contributed by atoms with van der Waals surface area (Å²) in [6.07, 6.45) is 5.79. The van der Waals surface area contributed by atoms with E-state index in [0.717, 1.165) is 19.5 Å². The Balaban J connectivity index is 1.45. The monoisotopic (exact) mass is 313 g/mol. The van der Waals surface area contributed by atoms with Crippen LogP contribution < -0.4 is 10.6 Å². The summed E-state index contributed by atoms with van der Waals surface area (Å²) in [5.74, 6) is -0.134. The van der Waals surface area contributed by atoms with E-state index in [2.05, 4.69) is 39.8 Å². The van der Waals surface area contributed by atoms with Crippen LogP contribution in [0.5, 0.6) is 0 Å². The standard InChI is InChI=1S/C18H23N3O2/c22-17(11-20-18(23)15-5-8-19-9-6-15)13-21-10-7-14-3-1-2-4-16(14)12-21/h1-6,8,17,19,22H,7,9-13H2,(H,20,23). The van der Waals surface area contributed by atoms with Crippen molar-refractivity contribution in [2.24, 2.45) is 0 Å². The van der Waals surface area contributed by atoms with E-state index in [-0.39, 0.29) is 12.5 Å². The lowest BCUT2D eigenvalue weighted by Gasteiger charge is -2.30. The van der Waals surface area contributed by atoms with E-state index in [9.17, 15) is 9.90 Å². The number of nitrogens with one attached hydrogen (secondary N) is 2. The van der Waals surface area contributed by atoms with Crippen molar-refractivity contribution in [3.05, 3.63) is 59.3 Å². The van der Waals surface area contributed by atoms with Crippen LogP contribution in [0.4, 0.5) is 0 Å². The van der Waals surface area contributed by atoms with Crippen LogP contribution in [0, 0.1) is 0 Å². The van der Waals surface area contributed by atoms with Gasteiger partial charge in [-0.2, -0.15) is 0 Å². The van der Waals surface area contributed by atoms with Gasteiger partial charge in [0.2, 0.25) is 0 Å². The van der Waals surface area contributed by atoms with Gasteiger partial charge in [0.15, 0.2) is 0 Å². The lowest BCUT2D eigenvalue weighted by atomic mass is 10.00. The summed E-state index contributed by atoms with van der Waals surface area (Å²) in [5.41, 5.74) is 3.37. The molecule has 0 saturated heterocycles. The van der Waals surface area contributed by atoms with Gasteiger partial charge in [-0.1, -0.05) is 30.3 Å². The minimum atomic E-state index is -0.560. The van der Waals surface area contributed by atoms with Gasteiger partial charge in [0.1, 0.15) is 0 Å². The molecular formula is C18H23N3O2. The summed E-state index contributed by atoms with van der Waals surface area (Å²) in [6.45, 7) is 3.32. The number of nitrogens with zero attached hydrogens (tertiary/aromatic N) is 1. The molecule has 1 atom stereocenters. The molecule has 2 aliphatic rings. The van der Waals surface area contributed by atoms with Crippen molar-refractivity contribution in [1.29, 1.82) is 0 Å². The second kappa shape index (κ2) is 7.44. The highest BCUT2D eigenvalue weighted by Crippen LogP contribution is 2.18. The minimum absolute atomic E-state index is 0.134. The summed E-state index contributed by atoms with van der Waals surface area (Å²) >= 11 is 0. The number of carbonyl (C=O) groups is 1. The number of carbonyl (C=O) groups excluding carboxylic acids is 1. The minimum Gasteiger partial charge on any atom is -0.390 e. The number of fused-ring (bicyclic) bond motifs is 1. The van der Waals surface area contributed by atoms with E-state index in [4.69, 9.17) is 0 Å². The summed E-state index contributed by atoms with van der Waals surface area (Å²) in [4.78, 5) is 14.2. The van der Waals surface area contributed by atoms with E-state index >= 15 is 0 Å². The lowest BCUT2D eigenvalue weighted by molar-refractivity contribution is -0.117. The number of aliphatic hydroxyl groups excluding tert-OH is 1. The molecule has 5 nitrogen and oxygen atoms in total. The van der Waals surface area contributed by atoms with Crippen molar-refractivity contribution < 1.29 is 9.90 Å². The van der Waals surface area contributed by atoms with E-state index in [0.29, 0.717) is 18.7 Å². The molecule has 2 aliphatic heterocycles. The van der Waals surface area contributed by atoms with Crippen molar-refractivity contribution in [3.8, 4) is 0 Å². The first kappa shape index (κ1) is 15.8. The van der Waals surface area contributed by atoms with Crippen LogP contribution in [-0.4, -0.2) is 48.2 Å². The number of hydrogen-bond acceptors (Lipinski definition) is 4. The van der Waals surface area contributed by atoms with E-state index in [1.807, 2.05) is 6.08 Å². The van der Waals surface area contributed by atoms with Gasteiger partial charge in [0, 0.05) is 38.3 Å². The Morgan fingerprint density at radius 3 is 2.96 bits per heavy atom. The molecule has 0 aromatic heterocycles. The van der Waals surface area contributed by atoms with Gasteiger partial charge in [-0.05, 0) is 29.8 Å². The molecule has 1 amide bonds. The number of rotatable bonds is 5. The maximum atomic E-state index is 12.0. The number of amides is 1. The van der Waals surface area contributed by atoms with Gasteiger partial charge in [-0.25, -0.2) is 0 Å². The number of hydrogen-bond donors (Lipinski definition) is 3. The Labute approximate surface area is 136 Å². The number of benzene rings is 1. The molecule has 122 valence electrons. The molecule has 0 spiro atoms. The SMILES string of the molecule is O=C(NCC(O)CN1CCc2ccccc2C1)C1=CCNC=C1. The molecule has 3 rings (SSSR count). The first-order valence-corrected chi connectivity index (χ1v) is 8.08. The first-order valence-electron chi connectivity index (χ1n) is 8.08. The second-order valence-corrected chi connectivity index (χ2v) is 6.02. The van der Waals surface area contributed by atoms with Crippen molar-refractivity contribution in [2.45, 2.75) is 19.1 Å². The van der Waals surface area contributed by atoms with Gasteiger partial charge in [0.05, 0.1) is 6.10 Å².